The molecular weight excluding hydrogens is 316 g/mol. The third kappa shape index (κ3) is 3.10. The standard InChI is InChI=1S/C16H20N2O2S2/c1-18(2)22(19,20)17-16(15-7-4-10-21-15)14-9-8-12-5-3-6-13(12)11-14/h4,7-11,16-17H,3,5-6H2,1-2H3/t16-/m1/s1. The Labute approximate surface area is 136 Å². The Balaban J connectivity index is 1.99. The second-order valence-corrected chi connectivity index (χ2v) is 8.63. The summed E-state index contributed by atoms with van der Waals surface area (Å²) in [6.45, 7) is 0. The predicted octanol–water partition coefficient (Wildman–Crippen LogP) is 2.72. The van der Waals surface area contributed by atoms with Gasteiger partial charge in [0.05, 0.1) is 6.04 Å². The highest BCUT2D eigenvalue weighted by atomic mass is 32.2. The van der Waals surface area contributed by atoms with Gasteiger partial charge in [0.2, 0.25) is 0 Å². The minimum Gasteiger partial charge on any atom is -0.195 e. The summed E-state index contributed by atoms with van der Waals surface area (Å²) in [5, 5.41) is 1.97. The minimum atomic E-state index is -3.50. The highest BCUT2D eigenvalue weighted by Crippen LogP contribution is 2.31. The Morgan fingerprint density at radius 2 is 1.95 bits per heavy atom. The summed E-state index contributed by atoms with van der Waals surface area (Å²) in [7, 11) is -0.419. The molecule has 0 amide bonds. The molecule has 0 radical (unpaired) electrons. The molecule has 2 aromatic rings. The average Bonchev–Trinajstić information content (AvgIpc) is 3.15. The lowest BCUT2D eigenvalue weighted by molar-refractivity contribution is 0.499. The fourth-order valence-corrected chi connectivity index (χ4v) is 4.42. The summed E-state index contributed by atoms with van der Waals surface area (Å²) >= 11 is 1.57. The fourth-order valence-electron chi connectivity index (χ4n) is 2.77. The maximum atomic E-state index is 12.3. The zero-order chi connectivity index (χ0) is 15.7. The Bertz CT molecular complexity index is 752. The Hall–Kier alpha value is -1.21. The average molecular weight is 336 g/mol. The van der Waals surface area contributed by atoms with Crippen molar-refractivity contribution in [2.75, 3.05) is 14.1 Å². The van der Waals surface area contributed by atoms with Crippen LogP contribution in [-0.2, 0) is 23.1 Å². The van der Waals surface area contributed by atoms with Gasteiger partial charge in [-0.05, 0) is 47.4 Å². The van der Waals surface area contributed by atoms with Crippen molar-refractivity contribution in [1.82, 2.24) is 9.03 Å². The summed E-state index contributed by atoms with van der Waals surface area (Å²) in [5.74, 6) is 0. The number of nitrogens with one attached hydrogen (secondary N) is 1. The molecule has 0 spiro atoms. The largest absolute Gasteiger partial charge is 0.279 e. The lowest BCUT2D eigenvalue weighted by Gasteiger charge is -2.21. The van der Waals surface area contributed by atoms with Crippen LogP contribution in [-0.4, -0.2) is 26.8 Å². The van der Waals surface area contributed by atoms with Gasteiger partial charge >= 0.3 is 0 Å². The molecule has 4 nitrogen and oxygen atoms in total. The molecule has 1 aromatic heterocycles. The highest BCUT2D eigenvalue weighted by molar-refractivity contribution is 7.87. The van der Waals surface area contributed by atoms with Gasteiger partial charge in [-0.2, -0.15) is 17.4 Å². The Morgan fingerprint density at radius 3 is 2.64 bits per heavy atom. The van der Waals surface area contributed by atoms with Crippen LogP contribution < -0.4 is 4.72 Å². The smallest absolute Gasteiger partial charge is 0.195 e. The van der Waals surface area contributed by atoms with Gasteiger partial charge in [-0.25, -0.2) is 0 Å². The van der Waals surface area contributed by atoms with E-state index in [2.05, 4.69) is 16.9 Å². The van der Waals surface area contributed by atoms with Crippen molar-refractivity contribution in [2.45, 2.75) is 25.3 Å². The summed E-state index contributed by atoms with van der Waals surface area (Å²) in [4.78, 5) is 1.00. The number of thiophene rings is 1. The summed E-state index contributed by atoms with van der Waals surface area (Å²) in [5.41, 5.74) is 3.75. The Kier molecular flexibility index (Phi) is 4.36. The van der Waals surface area contributed by atoms with Crippen molar-refractivity contribution >= 4 is 21.5 Å². The second kappa shape index (κ2) is 6.12. The summed E-state index contributed by atoms with van der Waals surface area (Å²) in [6.07, 6.45) is 3.40. The molecule has 0 saturated heterocycles. The van der Waals surface area contributed by atoms with E-state index in [1.165, 1.54) is 35.9 Å². The fraction of sp³-hybridized carbons (Fsp3) is 0.375. The van der Waals surface area contributed by atoms with Gasteiger partial charge in [-0.15, -0.1) is 11.3 Å². The molecule has 0 bridgehead atoms. The molecule has 3 rings (SSSR count). The Morgan fingerprint density at radius 1 is 1.18 bits per heavy atom. The molecule has 118 valence electrons. The van der Waals surface area contributed by atoms with Crippen LogP contribution in [0.2, 0.25) is 0 Å². The SMILES string of the molecule is CN(C)S(=O)(=O)N[C@H](c1ccc2c(c1)CCC2)c1cccs1. The van der Waals surface area contributed by atoms with Gasteiger partial charge in [0.25, 0.3) is 10.2 Å². The van der Waals surface area contributed by atoms with Crippen molar-refractivity contribution in [1.29, 1.82) is 0 Å². The van der Waals surface area contributed by atoms with Crippen LogP contribution in [0.3, 0.4) is 0 Å². The summed E-state index contributed by atoms with van der Waals surface area (Å²) < 4.78 is 28.5. The zero-order valence-corrected chi connectivity index (χ0v) is 14.4. The van der Waals surface area contributed by atoms with Crippen LogP contribution in [0, 0.1) is 0 Å². The van der Waals surface area contributed by atoms with Crippen LogP contribution in [0.1, 0.15) is 34.0 Å². The molecule has 1 N–H and O–H groups in total. The molecule has 1 atom stereocenters. The van der Waals surface area contributed by atoms with E-state index in [0.717, 1.165) is 23.3 Å². The quantitative estimate of drug-likeness (QED) is 0.913. The number of hydrogen-bond donors (Lipinski definition) is 1. The highest BCUT2D eigenvalue weighted by Gasteiger charge is 2.24. The van der Waals surface area contributed by atoms with E-state index in [-0.39, 0.29) is 6.04 Å². The van der Waals surface area contributed by atoms with Gasteiger partial charge in [0.15, 0.2) is 0 Å². The van der Waals surface area contributed by atoms with Crippen LogP contribution in [0.5, 0.6) is 0 Å². The molecule has 6 heteroatoms. The number of nitrogens with zero attached hydrogens (tertiary/aromatic N) is 1. The van der Waals surface area contributed by atoms with Gasteiger partial charge in [-0.3, -0.25) is 0 Å². The van der Waals surface area contributed by atoms with E-state index < -0.39 is 10.2 Å². The molecular formula is C16H20N2O2S2. The van der Waals surface area contributed by atoms with Gasteiger partial charge in [-0.1, -0.05) is 24.3 Å². The lowest BCUT2D eigenvalue weighted by atomic mass is 10.0. The first-order chi connectivity index (χ1) is 10.5. The van der Waals surface area contributed by atoms with Crippen molar-refractivity contribution < 1.29 is 8.42 Å². The number of benzene rings is 1. The second-order valence-electron chi connectivity index (χ2n) is 5.74. The zero-order valence-electron chi connectivity index (χ0n) is 12.7. The van der Waals surface area contributed by atoms with E-state index in [4.69, 9.17) is 0 Å². The molecule has 0 fully saturated rings. The summed E-state index contributed by atoms with van der Waals surface area (Å²) in [6, 6.07) is 9.93. The van der Waals surface area contributed by atoms with E-state index in [0.29, 0.717) is 0 Å². The topological polar surface area (TPSA) is 49.4 Å². The van der Waals surface area contributed by atoms with Gasteiger partial charge in [0, 0.05) is 19.0 Å². The third-order valence-corrected chi connectivity index (χ3v) is 6.46. The lowest BCUT2D eigenvalue weighted by Crippen LogP contribution is -2.38. The van der Waals surface area contributed by atoms with E-state index >= 15 is 0 Å². The van der Waals surface area contributed by atoms with Crippen molar-refractivity contribution in [3.63, 3.8) is 0 Å². The predicted molar refractivity (Wildman–Crippen MR) is 90.4 cm³/mol. The van der Waals surface area contributed by atoms with E-state index in [1.54, 1.807) is 11.3 Å². The number of aryl methyl sites for hydroxylation is 2. The van der Waals surface area contributed by atoms with Crippen LogP contribution in [0.4, 0.5) is 0 Å². The molecule has 22 heavy (non-hydrogen) atoms. The minimum absolute atomic E-state index is 0.335. The van der Waals surface area contributed by atoms with Crippen LogP contribution >= 0.6 is 11.3 Å². The van der Waals surface area contributed by atoms with Gasteiger partial charge < -0.3 is 0 Å². The monoisotopic (exact) mass is 336 g/mol. The first-order valence-corrected chi connectivity index (χ1v) is 9.64. The molecule has 0 aliphatic heterocycles. The molecule has 0 saturated carbocycles. The maximum Gasteiger partial charge on any atom is 0.279 e. The van der Waals surface area contributed by atoms with Gasteiger partial charge in [0.1, 0.15) is 0 Å². The third-order valence-electron chi connectivity index (χ3n) is 4.03. The van der Waals surface area contributed by atoms with Crippen molar-refractivity contribution in [3.8, 4) is 0 Å². The maximum absolute atomic E-state index is 12.3. The molecule has 1 aromatic carbocycles. The number of rotatable bonds is 5. The van der Waals surface area contributed by atoms with E-state index in [1.807, 2.05) is 23.6 Å². The first-order valence-electron chi connectivity index (χ1n) is 7.32. The molecule has 1 heterocycles. The first kappa shape index (κ1) is 15.7. The number of hydrogen-bond acceptors (Lipinski definition) is 3. The molecule has 1 aliphatic rings. The van der Waals surface area contributed by atoms with Crippen LogP contribution in [0.15, 0.2) is 35.7 Å². The van der Waals surface area contributed by atoms with E-state index in [9.17, 15) is 8.42 Å². The van der Waals surface area contributed by atoms with Crippen molar-refractivity contribution in [2.24, 2.45) is 0 Å². The normalized spacial score (nSPS) is 16.0. The molecule has 0 unspecified atom stereocenters. The molecule has 1 aliphatic carbocycles. The van der Waals surface area contributed by atoms with Crippen molar-refractivity contribution in [3.05, 3.63) is 57.3 Å². The van der Waals surface area contributed by atoms with Crippen LogP contribution in [0.25, 0.3) is 0 Å². The number of fused-ring (bicyclic) bond motifs is 1.